The summed E-state index contributed by atoms with van der Waals surface area (Å²) < 4.78 is 12.1. The molecule has 1 aliphatic rings. The summed E-state index contributed by atoms with van der Waals surface area (Å²) in [6.45, 7) is 0.294. The van der Waals surface area contributed by atoms with E-state index in [1.165, 1.54) is 11.0 Å². The second kappa shape index (κ2) is 5.94. The highest BCUT2D eigenvalue weighted by Gasteiger charge is 2.29. The molecule has 1 unspecified atom stereocenters. The molecule has 0 spiro atoms. The van der Waals surface area contributed by atoms with Crippen LogP contribution in [0.5, 0.6) is 0 Å². The second-order valence-corrected chi connectivity index (χ2v) is 5.80. The summed E-state index contributed by atoms with van der Waals surface area (Å²) in [4.78, 5) is 23.6. The number of carbonyl (C=O) groups is 1. The normalized spacial score (nSPS) is 25.2. The minimum atomic E-state index is -1.99. The highest BCUT2D eigenvalue weighted by atomic mass is 32.7. The van der Waals surface area contributed by atoms with E-state index in [4.69, 9.17) is 19.9 Å². The van der Waals surface area contributed by atoms with Crippen LogP contribution in [-0.4, -0.2) is 38.3 Å². The fraction of sp³-hybridized carbons (Fsp3) is 0.625. The molecular weight excluding hydrogens is 279 g/mol. The Hall–Kier alpha value is -0.730. The average molecular weight is 293 g/mol. The Balaban J connectivity index is 1.89. The van der Waals surface area contributed by atoms with E-state index in [0.717, 1.165) is 12.8 Å². The number of nitrogens with zero attached hydrogens (tertiary/aromatic N) is 3. The highest BCUT2D eigenvalue weighted by molar-refractivity contribution is 8.41. The van der Waals surface area contributed by atoms with Crippen LogP contribution in [0.2, 0.25) is 0 Å². The fourth-order valence-electron chi connectivity index (χ4n) is 1.70. The van der Waals surface area contributed by atoms with Crippen LogP contribution < -0.4 is 5.73 Å². The van der Waals surface area contributed by atoms with Crippen LogP contribution in [0, 0.1) is 0 Å². The van der Waals surface area contributed by atoms with E-state index in [1.54, 1.807) is 0 Å². The van der Waals surface area contributed by atoms with Crippen molar-refractivity contribution in [3.05, 3.63) is 12.2 Å². The van der Waals surface area contributed by atoms with Crippen molar-refractivity contribution in [1.29, 1.82) is 0 Å². The molecule has 3 atom stereocenters. The minimum Gasteiger partial charge on any atom is -0.363 e. The number of thiol groups is 1. The number of primary amides is 1. The van der Waals surface area contributed by atoms with Crippen LogP contribution in [0.4, 0.5) is 0 Å². The first-order valence-electron chi connectivity index (χ1n) is 5.30. The van der Waals surface area contributed by atoms with Crippen molar-refractivity contribution in [2.24, 2.45) is 5.73 Å². The molecule has 3 N–H and O–H groups in total. The Morgan fingerprint density at radius 3 is 3.17 bits per heavy atom. The summed E-state index contributed by atoms with van der Waals surface area (Å²) in [7, 11) is -1.99. The third-order valence-electron chi connectivity index (χ3n) is 2.51. The van der Waals surface area contributed by atoms with Crippen molar-refractivity contribution in [3.63, 3.8) is 0 Å². The molecule has 0 saturated carbocycles. The maximum Gasteiger partial charge on any atom is 0.314 e. The maximum atomic E-state index is 10.9. The van der Waals surface area contributed by atoms with Gasteiger partial charge in [-0.3, -0.25) is 4.79 Å². The van der Waals surface area contributed by atoms with Gasteiger partial charge in [0, 0.05) is 0 Å². The molecule has 1 fully saturated rings. The van der Waals surface area contributed by atoms with Crippen LogP contribution >= 0.6 is 19.8 Å². The van der Waals surface area contributed by atoms with E-state index in [9.17, 15) is 4.79 Å². The Morgan fingerprint density at radius 1 is 1.78 bits per heavy atom. The van der Waals surface area contributed by atoms with Crippen molar-refractivity contribution in [1.82, 2.24) is 14.8 Å². The van der Waals surface area contributed by atoms with Crippen molar-refractivity contribution in [3.8, 4) is 0 Å². The summed E-state index contributed by atoms with van der Waals surface area (Å²) in [5.74, 6) is -0.705. The quantitative estimate of drug-likeness (QED) is 0.518. The maximum absolute atomic E-state index is 10.9. The molecule has 1 aromatic rings. The molecule has 10 heteroatoms. The summed E-state index contributed by atoms with van der Waals surface area (Å²) >= 11 is 3.79. The van der Waals surface area contributed by atoms with Gasteiger partial charge in [-0.05, 0) is 12.8 Å². The van der Waals surface area contributed by atoms with Crippen molar-refractivity contribution >= 4 is 25.7 Å². The van der Waals surface area contributed by atoms with E-state index in [2.05, 4.69) is 22.3 Å². The van der Waals surface area contributed by atoms with Gasteiger partial charge in [0.05, 0.1) is 18.4 Å². The number of ether oxygens (including phenoxy) is 1. The highest BCUT2D eigenvalue weighted by Crippen LogP contribution is 2.38. The topological polar surface area (TPSA) is 112 Å². The number of rotatable bonds is 5. The number of hydrogen-bond acceptors (Lipinski definition) is 7. The van der Waals surface area contributed by atoms with Crippen LogP contribution in [0.15, 0.2) is 6.33 Å². The SMILES string of the molecule is NC(=O)c1ncn([C@H]2CC[C@@H](CO[PH+](O)S)O2)n1. The molecule has 100 valence electrons. The summed E-state index contributed by atoms with van der Waals surface area (Å²) in [5, 5.41) is 3.93. The van der Waals surface area contributed by atoms with Gasteiger partial charge in [-0.2, -0.15) is 4.52 Å². The van der Waals surface area contributed by atoms with E-state index in [-0.39, 0.29) is 18.2 Å². The first kappa shape index (κ1) is 13.7. The predicted octanol–water partition coefficient (Wildman–Crippen LogP) is -0.0475. The summed E-state index contributed by atoms with van der Waals surface area (Å²) in [6.07, 6.45) is 2.52. The smallest absolute Gasteiger partial charge is 0.314 e. The number of amides is 1. The number of carbonyl (C=O) groups excluding carboxylic acids is 1. The van der Waals surface area contributed by atoms with Gasteiger partial charge in [0.15, 0.2) is 6.23 Å². The monoisotopic (exact) mass is 293 g/mol. The van der Waals surface area contributed by atoms with Gasteiger partial charge < -0.3 is 10.5 Å². The standard InChI is InChI=1S/C8H13N4O4PS/c9-7(13)8-10-4-12(11-8)6-2-1-5(16-6)3-15-17(14)18/h4-6,14,18H,1-3H2,(H2,9,13)/p+1/t5-,6+,17?/m0/s1. The minimum absolute atomic E-state index is 0.0329. The molecule has 1 amide bonds. The van der Waals surface area contributed by atoms with Crippen molar-refractivity contribution < 1.29 is 18.9 Å². The van der Waals surface area contributed by atoms with E-state index >= 15 is 0 Å². The lowest BCUT2D eigenvalue weighted by Crippen LogP contribution is -2.17. The fourth-order valence-corrected chi connectivity index (χ4v) is 2.26. The number of aromatic nitrogens is 3. The third-order valence-corrected chi connectivity index (χ3v) is 3.32. The molecule has 1 saturated heterocycles. The Morgan fingerprint density at radius 2 is 2.56 bits per heavy atom. The Kier molecular flexibility index (Phi) is 4.52. The molecule has 1 aromatic heterocycles. The lowest BCUT2D eigenvalue weighted by Gasteiger charge is -2.12. The molecule has 0 aromatic carbocycles. The first-order chi connectivity index (χ1) is 8.56. The van der Waals surface area contributed by atoms with Gasteiger partial charge in [-0.25, -0.2) is 14.6 Å². The number of nitrogens with two attached hydrogens (primary N) is 1. The first-order valence-corrected chi connectivity index (χ1v) is 7.95. The van der Waals surface area contributed by atoms with Crippen LogP contribution in [-0.2, 0) is 9.26 Å². The molecule has 18 heavy (non-hydrogen) atoms. The van der Waals surface area contributed by atoms with E-state index < -0.39 is 13.5 Å². The van der Waals surface area contributed by atoms with Crippen LogP contribution in [0.1, 0.15) is 29.7 Å². The zero-order valence-corrected chi connectivity index (χ0v) is 11.3. The predicted molar refractivity (Wildman–Crippen MR) is 67.2 cm³/mol. The molecule has 2 heterocycles. The largest absolute Gasteiger partial charge is 0.363 e. The molecule has 0 aliphatic carbocycles. The lowest BCUT2D eigenvalue weighted by molar-refractivity contribution is -0.0231. The van der Waals surface area contributed by atoms with Gasteiger partial charge >= 0.3 is 7.58 Å². The zero-order valence-electron chi connectivity index (χ0n) is 9.39. The average Bonchev–Trinajstić information content (AvgIpc) is 2.95. The summed E-state index contributed by atoms with van der Waals surface area (Å²) in [5.41, 5.74) is 5.06. The van der Waals surface area contributed by atoms with Gasteiger partial charge in [-0.15, -0.1) is 5.10 Å². The van der Waals surface area contributed by atoms with Crippen molar-refractivity contribution in [2.75, 3.05) is 6.61 Å². The van der Waals surface area contributed by atoms with Crippen LogP contribution in [0.3, 0.4) is 0 Å². The van der Waals surface area contributed by atoms with Gasteiger partial charge in [-0.1, -0.05) is 0 Å². The molecule has 0 bridgehead atoms. The van der Waals surface area contributed by atoms with E-state index in [0.29, 0.717) is 6.61 Å². The van der Waals surface area contributed by atoms with Crippen LogP contribution in [0.25, 0.3) is 0 Å². The molecule has 2 rings (SSSR count). The number of hydrogen-bond donors (Lipinski definition) is 3. The summed E-state index contributed by atoms with van der Waals surface area (Å²) in [6, 6.07) is 0. The lowest BCUT2D eigenvalue weighted by atomic mass is 10.2. The molecular formula is C8H14N4O4PS+. The Labute approximate surface area is 110 Å². The van der Waals surface area contributed by atoms with Crippen molar-refractivity contribution in [2.45, 2.75) is 25.2 Å². The molecule has 0 radical (unpaired) electrons. The second-order valence-electron chi connectivity index (χ2n) is 3.80. The molecule has 8 nitrogen and oxygen atoms in total. The molecule has 1 aliphatic heterocycles. The van der Waals surface area contributed by atoms with E-state index in [1.807, 2.05) is 0 Å². The van der Waals surface area contributed by atoms with Gasteiger partial charge in [0.1, 0.15) is 12.9 Å². The van der Waals surface area contributed by atoms with Gasteiger partial charge in [0.2, 0.25) is 5.82 Å². The third kappa shape index (κ3) is 3.39. The zero-order chi connectivity index (χ0) is 13.1. The Bertz CT molecular complexity index is 429. The van der Waals surface area contributed by atoms with Gasteiger partial charge in [0.25, 0.3) is 5.91 Å².